The molecule has 0 heterocycles. The molecule has 0 saturated heterocycles. The minimum absolute atomic E-state index is 0.329. The number of hydrogen-bond donors (Lipinski definition) is 1. The van der Waals surface area contributed by atoms with Gasteiger partial charge in [0.1, 0.15) is 0 Å². The Labute approximate surface area is 58.2 Å². The second-order valence-corrected chi connectivity index (χ2v) is 3.82. The van der Waals surface area contributed by atoms with Gasteiger partial charge in [-0.15, -0.1) is 0 Å². The highest BCUT2D eigenvalue weighted by Gasteiger charge is 2.34. The van der Waals surface area contributed by atoms with Crippen LogP contribution in [0.3, 0.4) is 0 Å². The van der Waals surface area contributed by atoms with Gasteiger partial charge < -0.3 is 5.11 Å². The smallest absolute Gasteiger partial charge is 0.0744 e. The predicted octanol–water partition coefficient (Wildman–Crippen LogP) is 1.68. The Hall–Kier alpha value is 0.440. The van der Waals surface area contributed by atoms with Gasteiger partial charge in [0.25, 0.3) is 0 Å². The molecule has 48 valence electrons. The van der Waals surface area contributed by atoms with Gasteiger partial charge in [-0.2, -0.15) is 0 Å². The number of rotatable bonds is 0. The van der Waals surface area contributed by atoms with Gasteiger partial charge >= 0.3 is 0 Å². The van der Waals surface area contributed by atoms with Gasteiger partial charge in [0.05, 0.1) is 5.60 Å². The summed E-state index contributed by atoms with van der Waals surface area (Å²) in [5.74, 6) is 0. The van der Waals surface area contributed by atoms with Crippen molar-refractivity contribution in [1.82, 2.24) is 0 Å². The Morgan fingerprint density at radius 1 is 1.75 bits per heavy atom. The van der Waals surface area contributed by atoms with Crippen molar-refractivity contribution in [3.05, 3.63) is 0 Å². The van der Waals surface area contributed by atoms with Crippen LogP contribution in [0.1, 0.15) is 26.2 Å². The SMILES string of the molecule is CC1(O)CCCC1Br. The first-order chi connectivity index (χ1) is 3.63. The molecule has 1 aliphatic rings. The zero-order valence-electron chi connectivity index (χ0n) is 5.02. The molecule has 0 bridgehead atoms. The maximum Gasteiger partial charge on any atom is 0.0744 e. The van der Waals surface area contributed by atoms with Gasteiger partial charge in [0, 0.05) is 4.83 Å². The lowest BCUT2D eigenvalue weighted by atomic mass is 10.1. The largest absolute Gasteiger partial charge is 0.389 e. The van der Waals surface area contributed by atoms with Crippen molar-refractivity contribution >= 4 is 15.9 Å². The zero-order chi connectivity index (χ0) is 6.20. The van der Waals surface area contributed by atoms with Gasteiger partial charge in [-0.25, -0.2) is 0 Å². The molecule has 1 rings (SSSR count). The van der Waals surface area contributed by atoms with Crippen molar-refractivity contribution in [2.24, 2.45) is 0 Å². The molecule has 2 heteroatoms. The Kier molecular flexibility index (Phi) is 1.63. The summed E-state index contributed by atoms with van der Waals surface area (Å²) >= 11 is 3.41. The molecule has 1 aliphatic carbocycles. The van der Waals surface area contributed by atoms with E-state index in [1.54, 1.807) is 0 Å². The maximum absolute atomic E-state index is 9.42. The molecule has 2 atom stereocenters. The summed E-state index contributed by atoms with van der Waals surface area (Å²) in [6, 6.07) is 0. The fourth-order valence-electron chi connectivity index (χ4n) is 1.11. The second-order valence-electron chi connectivity index (χ2n) is 2.72. The van der Waals surface area contributed by atoms with E-state index in [0.717, 1.165) is 19.3 Å². The van der Waals surface area contributed by atoms with Crippen molar-refractivity contribution in [1.29, 1.82) is 0 Å². The highest BCUT2D eigenvalue weighted by molar-refractivity contribution is 9.09. The number of alkyl halides is 1. The van der Waals surface area contributed by atoms with Crippen molar-refractivity contribution in [2.75, 3.05) is 0 Å². The molecule has 1 fully saturated rings. The molecule has 2 unspecified atom stereocenters. The first kappa shape index (κ1) is 6.56. The third-order valence-electron chi connectivity index (χ3n) is 1.82. The normalized spacial score (nSPS) is 47.6. The molecule has 0 spiro atoms. The first-order valence-corrected chi connectivity index (χ1v) is 3.91. The molecule has 1 saturated carbocycles. The Bertz CT molecular complexity index is 90.5. The Balaban J connectivity index is 2.54. The van der Waals surface area contributed by atoms with Crippen molar-refractivity contribution in [3.8, 4) is 0 Å². The van der Waals surface area contributed by atoms with E-state index >= 15 is 0 Å². The molecule has 0 aromatic carbocycles. The monoisotopic (exact) mass is 178 g/mol. The summed E-state index contributed by atoms with van der Waals surface area (Å²) in [7, 11) is 0. The summed E-state index contributed by atoms with van der Waals surface area (Å²) in [5.41, 5.74) is -0.431. The van der Waals surface area contributed by atoms with Crippen LogP contribution in [0.5, 0.6) is 0 Å². The van der Waals surface area contributed by atoms with Gasteiger partial charge in [-0.3, -0.25) is 0 Å². The summed E-state index contributed by atoms with van der Waals surface area (Å²) in [5, 5.41) is 9.42. The number of aliphatic hydroxyl groups is 1. The van der Waals surface area contributed by atoms with Crippen LogP contribution in [-0.4, -0.2) is 15.5 Å². The van der Waals surface area contributed by atoms with E-state index < -0.39 is 5.60 Å². The van der Waals surface area contributed by atoms with Gasteiger partial charge in [-0.05, 0) is 26.2 Å². The van der Waals surface area contributed by atoms with E-state index in [1.807, 2.05) is 6.92 Å². The fraction of sp³-hybridized carbons (Fsp3) is 1.00. The highest BCUT2D eigenvalue weighted by atomic mass is 79.9. The standard InChI is InChI=1S/C6H11BrO/c1-6(8)4-2-3-5(6)7/h5,8H,2-4H2,1H3. The molecule has 8 heavy (non-hydrogen) atoms. The van der Waals surface area contributed by atoms with E-state index in [-0.39, 0.29) is 0 Å². The lowest BCUT2D eigenvalue weighted by Gasteiger charge is -2.19. The minimum atomic E-state index is -0.431. The summed E-state index contributed by atoms with van der Waals surface area (Å²) < 4.78 is 0. The van der Waals surface area contributed by atoms with Crippen molar-refractivity contribution < 1.29 is 5.11 Å². The van der Waals surface area contributed by atoms with Crippen LogP contribution in [0.15, 0.2) is 0 Å². The average molecular weight is 179 g/mol. The fourth-order valence-corrected chi connectivity index (χ4v) is 1.66. The van der Waals surface area contributed by atoms with Crippen LogP contribution < -0.4 is 0 Å². The lowest BCUT2D eigenvalue weighted by molar-refractivity contribution is 0.0751. The van der Waals surface area contributed by atoms with Crippen LogP contribution in [-0.2, 0) is 0 Å². The quantitative estimate of drug-likeness (QED) is 0.561. The second kappa shape index (κ2) is 1.99. The van der Waals surface area contributed by atoms with Crippen LogP contribution in [0.2, 0.25) is 0 Å². The van der Waals surface area contributed by atoms with E-state index in [1.165, 1.54) is 0 Å². The molecule has 0 aliphatic heterocycles. The molecule has 1 N–H and O–H groups in total. The first-order valence-electron chi connectivity index (χ1n) is 2.99. The topological polar surface area (TPSA) is 20.2 Å². The zero-order valence-corrected chi connectivity index (χ0v) is 6.61. The average Bonchev–Trinajstić information content (AvgIpc) is 1.86. The van der Waals surface area contributed by atoms with E-state index in [0.29, 0.717) is 4.83 Å². The maximum atomic E-state index is 9.42. The van der Waals surface area contributed by atoms with Crippen LogP contribution >= 0.6 is 15.9 Å². The van der Waals surface area contributed by atoms with Crippen LogP contribution in [0, 0.1) is 0 Å². The summed E-state index contributed by atoms with van der Waals surface area (Å²) in [6.07, 6.45) is 3.22. The van der Waals surface area contributed by atoms with Crippen LogP contribution in [0.25, 0.3) is 0 Å². The summed E-state index contributed by atoms with van der Waals surface area (Å²) in [6.45, 7) is 1.89. The summed E-state index contributed by atoms with van der Waals surface area (Å²) in [4.78, 5) is 0.329. The molecule has 0 aromatic heterocycles. The van der Waals surface area contributed by atoms with E-state index in [2.05, 4.69) is 15.9 Å². The van der Waals surface area contributed by atoms with E-state index in [9.17, 15) is 5.11 Å². The third kappa shape index (κ3) is 1.06. The highest BCUT2D eigenvalue weighted by Crippen LogP contribution is 2.34. The number of hydrogen-bond acceptors (Lipinski definition) is 1. The lowest BCUT2D eigenvalue weighted by Crippen LogP contribution is -2.28. The van der Waals surface area contributed by atoms with E-state index in [4.69, 9.17) is 0 Å². The molecule has 0 aromatic rings. The molecular formula is C6H11BrO. The van der Waals surface area contributed by atoms with Gasteiger partial charge in [0.2, 0.25) is 0 Å². The van der Waals surface area contributed by atoms with Gasteiger partial charge in [-0.1, -0.05) is 15.9 Å². The van der Waals surface area contributed by atoms with Crippen LogP contribution in [0.4, 0.5) is 0 Å². The van der Waals surface area contributed by atoms with Crippen molar-refractivity contribution in [3.63, 3.8) is 0 Å². The minimum Gasteiger partial charge on any atom is -0.389 e. The Morgan fingerprint density at radius 2 is 2.38 bits per heavy atom. The molecule has 1 nitrogen and oxygen atoms in total. The number of halogens is 1. The Morgan fingerprint density at radius 3 is 2.50 bits per heavy atom. The molecular weight excluding hydrogens is 168 g/mol. The predicted molar refractivity (Wildman–Crippen MR) is 37.2 cm³/mol. The third-order valence-corrected chi connectivity index (χ3v) is 3.26. The molecule has 0 radical (unpaired) electrons. The van der Waals surface area contributed by atoms with Crippen molar-refractivity contribution in [2.45, 2.75) is 36.6 Å². The van der Waals surface area contributed by atoms with Gasteiger partial charge in [0.15, 0.2) is 0 Å². The molecule has 0 amide bonds.